The number of anilines is 1. The van der Waals surface area contributed by atoms with E-state index >= 15 is 0 Å². The molecule has 1 unspecified atom stereocenters. The minimum absolute atomic E-state index is 0.0676. The number of nitrogens with one attached hydrogen (secondary N) is 1. The van der Waals surface area contributed by atoms with E-state index in [2.05, 4.69) is 19.8 Å². The van der Waals surface area contributed by atoms with Crippen molar-refractivity contribution in [1.29, 1.82) is 0 Å². The van der Waals surface area contributed by atoms with Gasteiger partial charge in [-0.15, -0.1) is 0 Å². The van der Waals surface area contributed by atoms with Gasteiger partial charge in [-0.2, -0.15) is 0 Å². The van der Waals surface area contributed by atoms with E-state index < -0.39 is 0 Å². The molecule has 0 aliphatic carbocycles. The van der Waals surface area contributed by atoms with Crippen molar-refractivity contribution in [2.45, 2.75) is 25.8 Å². The van der Waals surface area contributed by atoms with Gasteiger partial charge in [0.15, 0.2) is 0 Å². The monoisotopic (exact) mass is 263 g/mol. The summed E-state index contributed by atoms with van der Waals surface area (Å²) in [5.74, 6) is 1.13. The number of hydrogen-bond acceptors (Lipinski definition) is 5. The normalized spacial score (nSPS) is 29.6. The highest BCUT2D eigenvalue weighted by atomic mass is 16.1. The maximum Gasteiger partial charge on any atom is 0.256 e. The molecule has 0 spiro atoms. The third-order valence-corrected chi connectivity index (χ3v) is 4.16. The Morgan fingerprint density at radius 2 is 2.11 bits per heavy atom. The van der Waals surface area contributed by atoms with Crippen molar-refractivity contribution in [2.75, 3.05) is 38.5 Å². The fourth-order valence-corrected chi connectivity index (χ4v) is 3.06. The molecule has 0 saturated carbocycles. The van der Waals surface area contributed by atoms with Gasteiger partial charge in [0, 0.05) is 32.7 Å². The van der Waals surface area contributed by atoms with Gasteiger partial charge < -0.3 is 10.7 Å². The van der Waals surface area contributed by atoms with Crippen LogP contribution in [0.1, 0.15) is 30.8 Å². The van der Waals surface area contributed by atoms with Gasteiger partial charge in [-0.1, -0.05) is 13.3 Å². The van der Waals surface area contributed by atoms with Crippen molar-refractivity contribution >= 4 is 5.82 Å². The van der Waals surface area contributed by atoms with E-state index in [4.69, 9.17) is 5.73 Å². The lowest BCUT2D eigenvalue weighted by molar-refractivity contribution is 0.00859. The van der Waals surface area contributed by atoms with Crippen LogP contribution in [0.5, 0.6) is 0 Å². The zero-order chi connectivity index (χ0) is 13.4. The maximum absolute atomic E-state index is 12.1. The van der Waals surface area contributed by atoms with Crippen LogP contribution in [0.3, 0.4) is 0 Å². The van der Waals surface area contributed by atoms with E-state index in [0.717, 1.165) is 45.0 Å². The molecule has 3 aliphatic rings. The van der Waals surface area contributed by atoms with Crippen molar-refractivity contribution in [1.82, 2.24) is 19.8 Å². The topological polar surface area (TPSA) is 78.2 Å². The van der Waals surface area contributed by atoms with Crippen molar-refractivity contribution in [3.63, 3.8) is 0 Å². The molecule has 1 aromatic heterocycles. The number of aromatic amines is 1. The Balaban J connectivity index is 1.91. The lowest BCUT2D eigenvalue weighted by Crippen LogP contribution is -2.57. The van der Waals surface area contributed by atoms with Crippen LogP contribution < -0.4 is 11.3 Å². The van der Waals surface area contributed by atoms with Crippen LogP contribution >= 0.6 is 0 Å². The molecule has 4 rings (SSSR count). The van der Waals surface area contributed by atoms with Crippen LogP contribution in [-0.2, 0) is 6.42 Å². The molecule has 0 radical (unpaired) electrons. The van der Waals surface area contributed by atoms with Crippen LogP contribution in [0, 0.1) is 0 Å². The van der Waals surface area contributed by atoms with Gasteiger partial charge in [-0.25, -0.2) is 4.98 Å². The second-order valence-electron chi connectivity index (χ2n) is 5.42. The summed E-state index contributed by atoms with van der Waals surface area (Å²) in [6.07, 6.45) is 1.59. The smallest absolute Gasteiger partial charge is 0.256 e. The van der Waals surface area contributed by atoms with Crippen molar-refractivity contribution in [3.8, 4) is 0 Å². The number of fused-ring (bicyclic) bond motifs is 3. The quantitative estimate of drug-likeness (QED) is 0.801. The van der Waals surface area contributed by atoms with Crippen LogP contribution in [0.2, 0.25) is 0 Å². The third-order valence-electron chi connectivity index (χ3n) is 4.16. The lowest BCUT2D eigenvalue weighted by atomic mass is 10.1. The lowest BCUT2D eigenvalue weighted by Gasteiger charge is -2.46. The van der Waals surface area contributed by atoms with Crippen LogP contribution in [0.25, 0.3) is 0 Å². The zero-order valence-corrected chi connectivity index (χ0v) is 11.4. The van der Waals surface area contributed by atoms with E-state index in [1.165, 1.54) is 0 Å². The number of nitrogens with two attached hydrogens (primary N) is 1. The first kappa shape index (κ1) is 12.6. The number of nitrogen functional groups attached to an aromatic ring is 1. The van der Waals surface area contributed by atoms with E-state index in [0.29, 0.717) is 17.8 Å². The summed E-state index contributed by atoms with van der Waals surface area (Å²) in [6, 6.07) is 0.188. The van der Waals surface area contributed by atoms with Crippen LogP contribution in [-0.4, -0.2) is 52.5 Å². The molecule has 6 heteroatoms. The number of H-pyrrole nitrogens is 1. The SMILES string of the molecule is CCCc1c(N)nc(C2CN3CCN2CC3)[nH]c1=O. The summed E-state index contributed by atoms with van der Waals surface area (Å²) >= 11 is 0. The highest BCUT2D eigenvalue weighted by Gasteiger charge is 2.34. The zero-order valence-electron chi connectivity index (χ0n) is 11.4. The largest absolute Gasteiger partial charge is 0.383 e. The van der Waals surface area contributed by atoms with Gasteiger partial charge in [-0.05, 0) is 6.42 Å². The molecule has 3 fully saturated rings. The summed E-state index contributed by atoms with van der Waals surface area (Å²) in [4.78, 5) is 24.3. The van der Waals surface area contributed by atoms with Crippen LogP contribution in [0.4, 0.5) is 5.82 Å². The minimum atomic E-state index is -0.0676. The van der Waals surface area contributed by atoms with Crippen molar-refractivity contribution in [2.24, 2.45) is 0 Å². The van der Waals surface area contributed by atoms with Crippen LogP contribution in [0.15, 0.2) is 4.79 Å². The van der Waals surface area contributed by atoms with Gasteiger partial charge in [0.05, 0.1) is 11.6 Å². The summed E-state index contributed by atoms with van der Waals surface area (Å²) in [6.45, 7) is 7.30. The van der Waals surface area contributed by atoms with Crippen molar-refractivity contribution in [3.05, 3.63) is 21.7 Å². The first-order valence-electron chi connectivity index (χ1n) is 7.04. The Kier molecular flexibility index (Phi) is 3.28. The second-order valence-corrected chi connectivity index (χ2v) is 5.42. The summed E-state index contributed by atoms with van der Waals surface area (Å²) in [7, 11) is 0. The molecular formula is C13H21N5O. The number of aromatic nitrogens is 2. The number of piperazine rings is 3. The molecule has 2 bridgehead atoms. The molecule has 3 aliphatic heterocycles. The number of nitrogens with zero attached hydrogens (tertiary/aromatic N) is 3. The first-order chi connectivity index (χ1) is 9.19. The Bertz CT molecular complexity index is 518. The van der Waals surface area contributed by atoms with E-state index in [1.54, 1.807) is 0 Å². The highest BCUT2D eigenvalue weighted by Crippen LogP contribution is 2.26. The number of rotatable bonds is 3. The third kappa shape index (κ3) is 2.26. The van der Waals surface area contributed by atoms with Gasteiger partial charge in [0.25, 0.3) is 5.56 Å². The van der Waals surface area contributed by atoms with Gasteiger partial charge in [0.1, 0.15) is 11.6 Å². The number of hydrogen-bond donors (Lipinski definition) is 2. The fraction of sp³-hybridized carbons (Fsp3) is 0.692. The van der Waals surface area contributed by atoms with Crippen molar-refractivity contribution < 1.29 is 0 Å². The van der Waals surface area contributed by atoms with Gasteiger partial charge >= 0.3 is 0 Å². The standard InChI is InChI=1S/C13H21N5O/c1-2-3-9-11(14)15-12(16-13(9)19)10-8-17-4-6-18(10)7-5-17/h10H,2-8H2,1H3,(H3,14,15,16,19). The molecule has 104 valence electrons. The molecule has 3 N–H and O–H groups in total. The second kappa shape index (κ2) is 4.94. The van der Waals surface area contributed by atoms with E-state index in [-0.39, 0.29) is 11.6 Å². The van der Waals surface area contributed by atoms with Gasteiger partial charge in [0.2, 0.25) is 0 Å². The Labute approximate surface area is 112 Å². The molecule has 1 atom stereocenters. The molecule has 0 amide bonds. The average molecular weight is 263 g/mol. The average Bonchev–Trinajstić information content (AvgIpc) is 2.44. The summed E-state index contributed by atoms with van der Waals surface area (Å²) < 4.78 is 0. The Morgan fingerprint density at radius 1 is 1.37 bits per heavy atom. The fourth-order valence-electron chi connectivity index (χ4n) is 3.06. The Morgan fingerprint density at radius 3 is 2.63 bits per heavy atom. The summed E-state index contributed by atoms with van der Waals surface area (Å²) in [5, 5.41) is 0. The predicted octanol–water partition coefficient (Wildman–Crippen LogP) is -0.0231. The van der Waals surface area contributed by atoms with E-state index in [1.807, 2.05) is 6.92 Å². The minimum Gasteiger partial charge on any atom is -0.383 e. The predicted molar refractivity (Wildman–Crippen MR) is 74.0 cm³/mol. The molecule has 4 heterocycles. The molecule has 6 nitrogen and oxygen atoms in total. The highest BCUT2D eigenvalue weighted by molar-refractivity contribution is 5.38. The molecule has 19 heavy (non-hydrogen) atoms. The first-order valence-corrected chi connectivity index (χ1v) is 7.04. The molecule has 1 aromatic rings. The summed E-state index contributed by atoms with van der Waals surface area (Å²) in [5.41, 5.74) is 6.51. The Hall–Kier alpha value is -1.40. The molecule has 3 saturated heterocycles. The maximum atomic E-state index is 12.1. The van der Waals surface area contributed by atoms with E-state index in [9.17, 15) is 4.79 Å². The van der Waals surface area contributed by atoms with Gasteiger partial charge in [-0.3, -0.25) is 14.6 Å². The molecular weight excluding hydrogens is 242 g/mol. The molecule has 0 aromatic carbocycles.